The van der Waals surface area contributed by atoms with Crippen LogP contribution in [0, 0.1) is 10.6 Å². The first-order chi connectivity index (χ1) is 12.7. The summed E-state index contributed by atoms with van der Waals surface area (Å²) >= 11 is 5.21. The number of ether oxygens (including phenoxy) is 1. The second-order valence-electron chi connectivity index (χ2n) is 5.74. The molecule has 2 aromatic carbocycles. The summed E-state index contributed by atoms with van der Waals surface area (Å²) in [4.78, 5) is 0. The Morgan fingerprint density at radius 3 is 2.85 bits per heavy atom. The lowest BCUT2D eigenvalue weighted by atomic mass is 10.2. The second kappa shape index (κ2) is 8.53. The number of nitrogens with one attached hydrogen (secondary N) is 1. The smallest absolute Gasteiger partial charge is 0.216 e. The number of rotatable bonds is 7. The lowest BCUT2D eigenvalue weighted by Gasteiger charge is -2.07. The molecule has 0 aliphatic heterocycles. The van der Waals surface area contributed by atoms with E-state index in [9.17, 15) is 4.39 Å². The molecule has 0 unspecified atom stereocenters. The predicted molar refractivity (Wildman–Crippen MR) is 102 cm³/mol. The Labute approximate surface area is 156 Å². The summed E-state index contributed by atoms with van der Waals surface area (Å²) in [7, 11) is 0. The highest BCUT2D eigenvalue weighted by Gasteiger charge is 2.03. The molecule has 26 heavy (non-hydrogen) atoms. The van der Waals surface area contributed by atoms with E-state index in [1.165, 1.54) is 12.1 Å². The van der Waals surface area contributed by atoms with Gasteiger partial charge in [-0.2, -0.15) is 14.9 Å². The molecule has 3 rings (SSSR count). The summed E-state index contributed by atoms with van der Waals surface area (Å²) in [5.41, 5.74) is 1.78. The van der Waals surface area contributed by atoms with E-state index in [2.05, 4.69) is 22.2 Å². The van der Waals surface area contributed by atoms with Crippen LogP contribution in [0.2, 0.25) is 0 Å². The quantitative estimate of drug-likeness (QED) is 0.492. The summed E-state index contributed by atoms with van der Waals surface area (Å²) < 4.78 is 20.8. The van der Waals surface area contributed by atoms with E-state index in [1.54, 1.807) is 23.0 Å². The zero-order chi connectivity index (χ0) is 18.4. The van der Waals surface area contributed by atoms with E-state index in [1.807, 2.05) is 24.3 Å². The van der Waals surface area contributed by atoms with Gasteiger partial charge in [0.05, 0.1) is 6.21 Å². The standard InChI is InChI=1S/C19H19FN4OS/c1-2-4-18-22-23-19(26)24(18)21-12-15-5-3-6-17(11-15)25-13-14-7-9-16(20)10-8-14/h3,5-12H,2,4,13H2,1H3,(H,23,26)/b21-12+. The van der Waals surface area contributed by atoms with Crippen LogP contribution in [0.25, 0.3) is 0 Å². The lowest BCUT2D eigenvalue weighted by molar-refractivity contribution is 0.306. The van der Waals surface area contributed by atoms with Crippen molar-refractivity contribution < 1.29 is 9.13 Å². The third-order valence-electron chi connectivity index (χ3n) is 3.69. The van der Waals surface area contributed by atoms with E-state index >= 15 is 0 Å². The third kappa shape index (κ3) is 4.64. The maximum atomic E-state index is 12.9. The van der Waals surface area contributed by atoms with Crippen LogP contribution in [-0.2, 0) is 13.0 Å². The Hall–Kier alpha value is -2.80. The number of halogens is 1. The molecule has 0 fully saturated rings. The monoisotopic (exact) mass is 370 g/mol. The number of hydrogen-bond donors (Lipinski definition) is 1. The fourth-order valence-corrected chi connectivity index (χ4v) is 2.58. The van der Waals surface area contributed by atoms with Crippen molar-refractivity contribution in [2.75, 3.05) is 0 Å². The first-order valence-corrected chi connectivity index (χ1v) is 8.74. The van der Waals surface area contributed by atoms with Crippen LogP contribution in [0.1, 0.15) is 30.3 Å². The molecule has 1 aromatic heterocycles. The average Bonchev–Trinajstić information content (AvgIpc) is 3.00. The van der Waals surface area contributed by atoms with E-state index in [-0.39, 0.29) is 5.82 Å². The molecule has 0 saturated carbocycles. The van der Waals surface area contributed by atoms with Gasteiger partial charge in [0.1, 0.15) is 18.2 Å². The van der Waals surface area contributed by atoms with Gasteiger partial charge >= 0.3 is 0 Å². The summed E-state index contributed by atoms with van der Waals surface area (Å²) in [5, 5.41) is 11.4. The molecule has 0 aliphatic carbocycles. The van der Waals surface area contributed by atoms with Gasteiger partial charge in [0.2, 0.25) is 4.77 Å². The molecule has 3 aromatic rings. The van der Waals surface area contributed by atoms with Gasteiger partial charge in [-0.1, -0.05) is 31.2 Å². The zero-order valence-electron chi connectivity index (χ0n) is 14.4. The maximum absolute atomic E-state index is 12.9. The van der Waals surface area contributed by atoms with Gasteiger partial charge in [0.15, 0.2) is 5.82 Å². The van der Waals surface area contributed by atoms with Crippen molar-refractivity contribution in [2.45, 2.75) is 26.4 Å². The molecule has 0 radical (unpaired) electrons. The SMILES string of the molecule is CCCc1n[nH]c(=S)n1/N=C/c1cccc(OCc2ccc(F)cc2)c1. The minimum Gasteiger partial charge on any atom is -0.489 e. The molecular formula is C19H19FN4OS. The maximum Gasteiger partial charge on any atom is 0.216 e. The normalized spacial score (nSPS) is 11.2. The summed E-state index contributed by atoms with van der Waals surface area (Å²) in [6.45, 7) is 2.45. The number of hydrogen-bond acceptors (Lipinski definition) is 4. The molecule has 0 atom stereocenters. The van der Waals surface area contributed by atoms with Crippen molar-refractivity contribution in [3.63, 3.8) is 0 Å². The van der Waals surface area contributed by atoms with Crippen molar-refractivity contribution in [1.29, 1.82) is 0 Å². The molecule has 1 N–H and O–H groups in total. The Morgan fingerprint density at radius 2 is 2.08 bits per heavy atom. The highest BCUT2D eigenvalue weighted by molar-refractivity contribution is 7.71. The van der Waals surface area contributed by atoms with Gasteiger partial charge in [-0.05, 0) is 54.0 Å². The Bertz CT molecular complexity index is 947. The van der Waals surface area contributed by atoms with Gasteiger partial charge in [0.25, 0.3) is 0 Å². The van der Waals surface area contributed by atoms with Crippen LogP contribution in [0.4, 0.5) is 4.39 Å². The Kier molecular flexibility index (Phi) is 5.91. The van der Waals surface area contributed by atoms with E-state index < -0.39 is 0 Å². The van der Waals surface area contributed by atoms with Crippen molar-refractivity contribution in [2.24, 2.45) is 5.10 Å². The minimum atomic E-state index is -0.257. The van der Waals surface area contributed by atoms with Gasteiger partial charge < -0.3 is 4.74 Å². The number of aromatic amines is 1. The van der Waals surface area contributed by atoms with E-state index in [4.69, 9.17) is 17.0 Å². The van der Waals surface area contributed by atoms with Crippen LogP contribution in [-0.4, -0.2) is 21.1 Å². The zero-order valence-corrected chi connectivity index (χ0v) is 15.2. The largest absolute Gasteiger partial charge is 0.489 e. The van der Waals surface area contributed by atoms with Gasteiger partial charge in [-0.25, -0.2) is 4.39 Å². The summed E-state index contributed by atoms with van der Waals surface area (Å²) in [6.07, 6.45) is 3.47. The van der Waals surface area contributed by atoms with Crippen molar-refractivity contribution in [3.05, 3.63) is 76.1 Å². The summed E-state index contributed by atoms with van der Waals surface area (Å²) in [6, 6.07) is 13.8. The first-order valence-electron chi connectivity index (χ1n) is 8.33. The van der Waals surface area contributed by atoms with Crippen molar-refractivity contribution in [3.8, 4) is 5.75 Å². The van der Waals surface area contributed by atoms with Gasteiger partial charge in [0, 0.05) is 6.42 Å². The molecular weight excluding hydrogens is 351 g/mol. The van der Waals surface area contributed by atoms with Crippen LogP contribution in [0.5, 0.6) is 5.75 Å². The molecule has 1 heterocycles. The highest BCUT2D eigenvalue weighted by atomic mass is 32.1. The van der Waals surface area contributed by atoms with Crippen LogP contribution < -0.4 is 4.74 Å². The van der Waals surface area contributed by atoms with Crippen molar-refractivity contribution in [1.82, 2.24) is 14.9 Å². The van der Waals surface area contributed by atoms with Gasteiger partial charge in [-0.3, -0.25) is 5.10 Å². The average molecular weight is 370 g/mol. The van der Waals surface area contributed by atoms with Gasteiger partial charge in [-0.15, -0.1) is 0 Å². The van der Waals surface area contributed by atoms with E-state index in [0.717, 1.165) is 29.8 Å². The number of nitrogens with zero attached hydrogens (tertiary/aromatic N) is 3. The molecule has 0 saturated heterocycles. The number of aromatic nitrogens is 3. The molecule has 0 bridgehead atoms. The van der Waals surface area contributed by atoms with Crippen LogP contribution >= 0.6 is 12.2 Å². The Balaban J connectivity index is 1.70. The fraction of sp³-hybridized carbons (Fsp3) is 0.211. The Morgan fingerprint density at radius 1 is 1.27 bits per heavy atom. The number of aryl methyl sites for hydroxylation is 1. The lowest BCUT2D eigenvalue weighted by Crippen LogP contribution is -1.99. The first kappa shape index (κ1) is 18.0. The topological polar surface area (TPSA) is 55.2 Å². The van der Waals surface area contributed by atoms with Crippen LogP contribution in [0.3, 0.4) is 0 Å². The predicted octanol–water partition coefficient (Wildman–Crippen LogP) is 4.49. The molecule has 0 amide bonds. The van der Waals surface area contributed by atoms with Crippen LogP contribution in [0.15, 0.2) is 53.6 Å². The molecule has 7 heteroatoms. The second-order valence-corrected chi connectivity index (χ2v) is 6.13. The number of benzene rings is 2. The third-order valence-corrected chi connectivity index (χ3v) is 3.95. The van der Waals surface area contributed by atoms with E-state index in [0.29, 0.717) is 17.1 Å². The molecule has 5 nitrogen and oxygen atoms in total. The highest BCUT2D eigenvalue weighted by Crippen LogP contribution is 2.15. The minimum absolute atomic E-state index is 0.257. The summed E-state index contributed by atoms with van der Waals surface area (Å²) in [5.74, 6) is 1.26. The molecule has 134 valence electrons. The molecule has 0 spiro atoms. The number of H-pyrrole nitrogens is 1. The fourth-order valence-electron chi connectivity index (χ4n) is 2.39. The van der Waals surface area contributed by atoms with Crippen molar-refractivity contribution >= 4 is 18.4 Å². The molecule has 0 aliphatic rings.